The molecule has 0 bridgehead atoms. The molecule has 25 heavy (non-hydrogen) atoms. The molecule has 0 saturated heterocycles. The van der Waals surface area contributed by atoms with Gasteiger partial charge in [-0.2, -0.15) is 9.62 Å². The number of fused-ring (bicyclic) bond motifs is 1. The van der Waals surface area contributed by atoms with Crippen molar-refractivity contribution in [2.45, 2.75) is 0 Å². The van der Waals surface area contributed by atoms with Gasteiger partial charge in [-0.25, -0.2) is 0 Å². The minimum atomic E-state index is 0.597. The van der Waals surface area contributed by atoms with Crippen molar-refractivity contribution in [2.24, 2.45) is 5.10 Å². The Morgan fingerprint density at radius 3 is 2.76 bits per heavy atom. The summed E-state index contributed by atoms with van der Waals surface area (Å²) in [4.78, 5) is 0. The SMILES string of the molecule is C(=NNc1ccc2nncn2n1)c1cccc(Oc2ccccc2)c1. The molecule has 2 aromatic heterocycles. The van der Waals surface area contributed by atoms with Crippen molar-refractivity contribution in [1.29, 1.82) is 0 Å². The van der Waals surface area contributed by atoms with Crippen LogP contribution in [-0.4, -0.2) is 26.0 Å². The van der Waals surface area contributed by atoms with E-state index in [4.69, 9.17) is 4.74 Å². The van der Waals surface area contributed by atoms with Crippen LogP contribution in [0.5, 0.6) is 11.5 Å². The third-order valence-corrected chi connectivity index (χ3v) is 3.39. The highest BCUT2D eigenvalue weighted by atomic mass is 16.5. The number of benzene rings is 2. The van der Waals surface area contributed by atoms with E-state index in [0.29, 0.717) is 11.5 Å². The van der Waals surface area contributed by atoms with E-state index in [1.54, 1.807) is 16.8 Å². The molecule has 0 fully saturated rings. The first kappa shape index (κ1) is 14.8. The van der Waals surface area contributed by atoms with Gasteiger partial charge in [-0.1, -0.05) is 30.3 Å². The molecule has 122 valence electrons. The lowest BCUT2D eigenvalue weighted by molar-refractivity contribution is 0.482. The summed E-state index contributed by atoms with van der Waals surface area (Å²) in [5.41, 5.74) is 4.47. The van der Waals surface area contributed by atoms with Crippen LogP contribution in [0.15, 0.2) is 78.2 Å². The highest BCUT2D eigenvalue weighted by molar-refractivity contribution is 5.80. The quantitative estimate of drug-likeness (QED) is 0.448. The molecule has 0 aliphatic carbocycles. The molecule has 0 atom stereocenters. The highest BCUT2D eigenvalue weighted by Crippen LogP contribution is 2.21. The van der Waals surface area contributed by atoms with Gasteiger partial charge in [0.25, 0.3) is 0 Å². The minimum Gasteiger partial charge on any atom is -0.457 e. The first-order chi connectivity index (χ1) is 12.4. The van der Waals surface area contributed by atoms with Crippen LogP contribution in [0, 0.1) is 0 Å². The minimum absolute atomic E-state index is 0.597. The van der Waals surface area contributed by atoms with E-state index in [9.17, 15) is 0 Å². The fraction of sp³-hybridized carbons (Fsp3) is 0. The topological polar surface area (TPSA) is 76.7 Å². The molecule has 0 aliphatic heterocycles. The molecular weight excluding hydrogens is 316 g/mol. The average Bonchev–Trinajstić information content (AvgIpc) is 3.11. The van der Waals surface area contributed by atoms with Crippen LogP contribution >= 0.6 is 0 Å². The van der Waals surface area contributed by atoms with Gasteiger partial charge in [0, 0.05) is 0 Å². The number of rotatable bonds is 5. The number of nitrogens with zero attached hydrogens (tertiary/aromatic N) is 5. The van der Waals surface area contributed by atoms with Crippen LogP contribution in [0.3, 0.4) is 0 Å². The second-order valence-electron chi connectivity index (χ2n) is 5.21. The summed E-state index contributed by atoms with van der Waals surface area (Å²) < 4.78 is 7.39. The predicted molar refractivity (Wildman–Crippen MR) is 95.0 cm³/mol. The Labute approximate surface area is 143 Å². The molecule has 0 spiro atoms. The van der Waals surface area contributed by atoms with Crippen LogP contribution in [0.2, 0.25) is 0 Å². The second kappa shape index (κ2) is 6.79. The molecule has 0 saturated carbocycles. The number of aromatic nitrogens is 4. The number of anilines is 1. The van der Waals surface area contributed by atoms with Crippen molar-refractivity contribution in [1.82, 2.24) is 19.8 Å². The molecule has 7 nitrogen and oxygen atoms in total. The summed E-state index contributed by atoms with van der Waals surface area (Å²) >= 11 is 0. The van der Waals surface area contributed by atoms with Gasteiger partial charge in [0.2, 0.25) is 0 Å². The van der Waals surface area contributed by atoms with Gasteiger partial charge in [0.15, 0.2) is 11.5 Å². The summed E-state index contributed by atoms with van der Waals surface area (Å²) in [7, 11) is 0. The fourth-order valence-electron chi connectivity index (χ4n) is 2.24. The van der Waals surface area contributed by atoms with Crippen molar-refractivity contribution in [3.63, 3.8) is 0 Å². The maximum Gasteiger partial charge on any atom is 0.177 e. The Hall–Kier alpha value is -3.74. The maximum atomic E-state index is 5.81. The van der Waals surface area contributed by atoms with Gasteiger partial charge < -0.3 is 4.74 Å². The normalized spacial score (nSPS) is 11.0. The summed E-state index contributed by atoms with van der Waals surface area (Å²) in [5.74, 6) is 2.14. The Bertz CT molecular complexity index is 1010. The Balaban J connectivity index is 1.44. The Morgan fingerprint density at radius 2 is 1.84 bits per heavy atom. The first-order valence-electron chi connectivity index (χ1n) is 7.66. The molecule has 0 unspecified atom stereocenters. The van der Waals surface area contributed by atoms with Crippen molar-refractivity contribution >= 4 is 17.7 Å². The number of hydrazone groups is 1. The zero-order valence-electron chi connectivity index (χ0n) is 13.1. The molecule has 0 radical (unpaired) electrons. The van der Waals surface area contributed by atoms with Crippen molar-refractivity contribution in [2.75, 3.05) is 5.43 Å². The molecule has 2 aromatic carbocycles. The van der Waals surface area contributed by atoms with Crippen molar-refractivity contribution < 1.29 is 4.74 Å². The van der Waals surface area contributed by atoms with Gasteiger partial charge in [0.1, 0.15) is 17.8 Å². The molecular formula is C18H14N6O. The van der Waals surface area contributed by atoms with E-state index in [2.05, 4.69) is 25.8 Å². The average molecular weight is 330 g/mol. The predicted octanol–water partition coefficient (Wildman–Crippen LogP) is 3.36. The number of hydrogen-bond acceptors (Lipinski definition) is 6. The van der Waals surface area contributed by atoms with E-state index in [0.717, 1.165) is 17.1 Å². The largest absolute Gasteiger partial charge is 0.457 e. The Kier molecular flexibility index (Phi) is 4.03. The monoisotopic (exact) mass is 330 g/mol. The van der Waals surface area contributed by atoms with Gasteiger partial charge in [0.05, 0.1) is 6.21 Å². The van der Waals surface area contributed by atoms with Crippen LogP contribution in [0.1, 0.15) is 5.56 Å². The van der Waals surface area contributed by atoms with E-state index in [1.807, 2.05) is 60.7 Å². The molecule has 4 rings (SSSR count). The third-order valence-electron chi connectivity index (χ3n) is 3.39. The molecule has 1 N–H and O–H groups in total. The lowest BCUT2D eigenvalue weighted by atomic mass is 10.2. The fourth-order valence-corrected chi connectivity index (χ4v) is 2.24. The lowest BCUT2D eigenvalue weighted by Gasteiger charge is -2.05. The number of hydrogen-bond donors (Lipinski definition) is 1. The van der Waals surface area contributed by atoms with E-state index in [1.165, 1.54) is 6.33 Å². The molecule has 4 aromatic rings. The standard InChI is InChI=1S/C18H14N6O/c1-2-6-15(7-3-1)25-16-8-4-5-14(11-16)12-19-21-17-9-10-18-22-20-13-24(18)23-17/h1-13H,(H,21,23). The molecule has 2 heterocycles. The number of para-hydroxylation sites is 1. The van der Waals surface area contributed by atoms with Gasteiger partial charge in [-0.05, 0) is 42.0 Å². The smallest absolute Gasteiger partial charge is 0.177 e. The molecule has 0 aliphatic rings. The number of nitrogens with one attached hydrogen (secondary N) is 1. The zero-order valence-corrected chi connectivity index (χ0v) is 13.1. The lowest BCUT2D eigenvalue weighted by Crippen LogP contribution is -1.98. The van der Waals surface area contributed by atoms with Gasteiger partial charge >= 0.3 is 0 Å². The molecule has 0 amide bonds. The third kappa shape index (κ3) is 3.61. The number of ether oxygens (including phenoxy) is 1. The van der Waals surface area contributed by atoms with Crippen LogP contribution < -0.4 is 10.2 Å². The van der Waals surface area contributed by atoms with Gasteiger partial charge in [-0.3, -0.25) is 5.43 Å². The summed E-state index contributed by atoms with van der Waals surface area (Å²) in [6, 6.07) is 20.9. The van der Waals surface area contributed by atoms with Crippen LogP contribution in [-0.2, 0) is 0 Å². The first-order valence-corrected chi connectivity index (χ1v) is 7.66. The highest BCUT2D eigenvalue weighted by Gasteiger charge is 1.99. The molecule has 7 heteroatoms. The van der Waals surface area contributed by atoms with Crippen LogP contribution in [0.4, 0.5) is 5.82 Å². The van der Waals surface area contributed by atoms with E-state index >= 15 is 0 Å². The van der Waals surface area contributed by atoms with E-state index in [-0.39, 0.29) is 0 Å². The van der Waals surface area contributed by atoms with Gasteiger partial charge in [-0.15, -0.1) is 15.3 Å². The van der Waals surface area contributed by atoms with Crippen LogP contribution in [0.25, 0.3) is 5.65 Å². The Morgan fingerprint density at radius 1 is 0.960 bits per heavy atom. The summed E-state index contributed by atoms with van der Waals surface area (Å²) in [5, 5.41) is 16.2. The van der Waals surface area contributed by atoms with Crippen molar-refractivity contribution in [3.8, 4) is 11.5 Å². The summed E-state index contributed by atoms with van der Waals surface area (Å²) in [6.45, 7) is 0. The van der Waals surface area contributed by atoms with E-state index < -0.39 is 0 Å². The zero-order chi connectivity index (χ0) is 16.9. The second-order valence-corrected chi connectivity index (χ2v) is 5.21. The summed E-state index contributed by atoms with van der Waals surface area (Å²) in [6.07, 6.45) is 3.24. The van der Waals surface area contributed by atoms with Crippen molar-refractivity contribution in [3.05, 3.63) is 78.6 Å². The maximum absolute atomic E-state index is 5.81.